The van der Waals surface area contributed by atoms with Crippen LogP contribution in [0, 0.1) is 0 Å². The molecule has 91 valence electrons. The predicted molar refractivity (Wildman–Crippen MR) is 69.6 cm³/mol. The van der Waals surface area contributed by atoms with Crippen LogP contribution in [-0.2, 0) is 4.79 Å². The molecule has 0 N–H and O–H groups in total. The van der Waals surface area contributed by atoms with Gasteiger partial charge in [0.1, 0.15) is 0 Å². The Morgan fingerprint density at radius 2 is 1.78 bits per heavy atom. The summed E-state index contributed by atoms with van der Waals surface area (Å²) < 4.78 is 10.5. The van der Waals surface area contributed by atoms with Gasteiger partial charge >= 0.3 is 0 Å². The first-order chi connectivity index (χ1) is 8.85. The van der Waals surface area contributed by atoms with Crippen LogP contribution in [0.3, 0.4) is 0 Å². The van der Waals surface area contributed by atoms with Crippen LogP contribution in [0.2, 0.25) is 0 Å². The van der Waals surface area contributed by atoms with Crippen LogP contribution < -0.4 is 9.47 Å². The molecule has 2 rings (SSSR count). The molecule has 0 bridgehead atoms. The maximum Gasteiger partial charge on any atom is 0.239 e. The maximum absolute atomic E-state index is 10.2. The zero-order valence-corrected chi connectivity index (χ0v) is 10.1. The molecule has 0 aliphatic carbocycles. The molecule has 2 aromatic carbocycles. The van der Waals surface area contributed by atoms with Crippen molar-refractivity contribution < 1.29 is 14.3 Å². The highest BCUT2D eigenvalue weighted by Gasteiger charge is 2.06. The lowest BCUT2D eigenvalue weighted by molar-refractivity contribution is 0.329. The number of benzene rings is 2. The van der Waals surface area contributed by atoms with Gasteiger partial charge in [0.15, 0.2) is 18.1 Å². The normalized spacial score (nSPS) is 9.83. The van der Waals surface area contributed by atoms with E-state index < -0.39 is 0 Å². The molecule has 0 unspecified atom stereocenters. The van der Waals surface area contributed by atoms with E-state index in [4.69, 9.17) is 9.47 Å². The minimum absolute atomic E-state index is 0.0962. The first kappa shape index (κ1) is 12.2. The van der Waals surface area contributed by atoms with Gasteiger partial charge in [-0.2, -0.15) is 0 Å². The molecule has 18 heavy (non-hydrogen) atoms. The van der Waals surface area contributed by atoms with Crippen molar-refractivity contribution in [3.63, 3.8) is 0 Å². The first-order valence-electron chi connectivity index (χ1n) is 5.56. The lowest BCUT2D eigenvalue weighted by Gasteiger charge is -2.10. The lowest BCUT2D eigenvalue weighted by Crippen LogP contribution is -1.99. The molecular weight excluding hydrogens is 228 g/mol. The number of ether oxygens (including phenoxy) is 2. The minimum Gasteiger partial charge on any atom is -0.493 e. The summed E-state index contributed by atoms with van der Waals surface area (Å²) in [6.07, 6.45) is 1.69. The third-order valence-electron chi connectivity index (χ3n) is 2.56. The van der Waals surface area contributed by atoms with Crippen molar-refractivity contribution in [2.45, 2.75) is 0 Å². The van der Waals surface area contributed by atoms with E-state index in [2.05, 4.69) is 0 Å². The molecule has 0 heterocycles. The van der Waals surface area contributed by atoms with Gasteiger partial charge in [-0.25, -0.2) is 0 Å². The summed E-state index contributed by atoms with van der Waals surface area (Å²) in [7, 11) is 1.57. The maximum atomic E-state index is 10.2. The van der Waals surface area contributed by atoms with E-state index in [1.807, 2.05) is 42.5 Å². The fourth-order valence-electron chi connectivity index (χ4n) is 1.70. The van der Waals surface area contributed by atoms with Gasteiger partial charge in [-0.1, -0.05) is 36.4 Å². The molecule has 3 nitrogen and oxygen atoms in total. The summed E-state index contributed by atoms with van der Waals surface area (Å²) in [4.78, 5) is 10.2. The SMILES string of the molecule is COc1cc(-c2ccccc2)ccc1OC[C]=O. The summed E-state index contributed by atoms with van der Waals surface area (Å²) in [6, 6.07) is 15.6. The number of rotatable bonds is 5. The monoisotopic (exact) mass is 241 g/mol. The van der Waals surface area contributed by atoms with Gasteiger partial charge in [-0.15, -0.1) is 0 Å². The molecule has 0 atom stereocenters. The van der Waals surface area contributed by atoms with Crippen molar-refractivity contribution in [2.24, 2.45) is 0 Å². The predicted octanol–water partition coefficient (Wildman–Crippen LogP) is 2.85. The molecular formula is C15H13O3. The van der Waals surface area contributed by atoms with Gasteiger partial charge in [0.2, 0.25) is 6.29 Å². The smallest absolute Gasteiger partial charge is 0.239 e. The van der Waals surface area contributed by atoms with E-state index in [9.17, 15) is 4.79 Å². The first-order valence-corrected chi connectivity index (χ1v) is 5.56. The molecule has 0 saturated heterocycles. The second kappa shape index (κ2) is 5.87. The van der Waals surface area contributed by atoms with Crippen LogP contribution in [0.5, 0.6) is 11.5 Å². The molecule has 0 aliphatic rings. The zero-order chi connectivity index (χ0) is 12.8. The molecule has 0 fully saturated rings. The van der Waals surface area contributed by atoms with E-state index in [-0.39, 0.29) is 6.61 Å². The Bertz CT molecular complexity index is 521. The molecule has 3 heteroatoms. The van der Waals surface area contributed by atoms with E-state index >= 15 is 0 Å². The van der Waals surface area contributed by atoms with Crippen LogP contribution >= 0.6 is 0 Å². The Morgan fingerprint density at radius 1 is 1.00 bits per heavy atom. The van der Waals surface area contributed by atoms with Crippen molar-refractivity contribution in [3.8, 4) is 22.6 Å². The van der Waals surface area contributed by atoms with E-state index in [1.165, 1.54) is 0 Å². The average Bonchev–Trinajstić information content (AvgIpc) is 2.46. The van der Waals surface area contributed by atoms with E-state index in [0.29, 0.717) is 11.5 Å². The number of carbonyl (C=O) groups excluding carboxylic acids is 1. The minimum atomic E-state index is -0.0962. The largest absolute Gasteiger partial charge is 0.493 e. The van der Waals surface area contributed by atoms with Crippen LogP contribution in [0.15, 0.2) is 48.5 Å². The Labute approximate surface area is 106 Å². The van der Waals surface area contributed by atoms with Crippen LogP contribution in [0.1, 0.15) is 0 Å². The third-order valence-corrected chi connectivity index (χ3v) is 2.56. The van der Waals surface area contributed by atoms with Gasteiger partial charge in [0, 0.05) is 0 Å². The molecule has 0 amide bonds. The highest BCUT2D eigenvalue weighted by molar-refractivity contribution is 5.67. The van der Waals surface area contributed by atoms with Gasteiger partial charge in [0.05, 0.1) is 7.11 Å². The zero-order valence-electron chi connectivity index (χ0n) is 10.1. The molecule has 0 spiro atoms. The topological polar surface area (TPSA) is 35.5 Å². The van der Waals surface area contributed by atoms with Gasteiger partial charge in [-0.05, 0) is 23.3 Å². The van der Waals surface area contributed by atoms with Crippen molar-refractivity contribution in [3.05, 3.63) is 48.5 Å². The van der Waals surface area contributed by atoms with Gasteiger partial charge < -0.3 is 9.47 Å². The van der Waals surface area contributed by atoms with Crippen molar-refractivity contribution in [1.82, 2.24) is 0 Å². The molecule has 0 aliphatic heterocycles. The Hall–Kier alpha value is -2.29. The number of hydrogen-bond acceptors (Lipinski definition) is 3. The Kier molecular flexibility index (Phi) is 3.97. The Morgan fingerprint density at radius 3 is 2.44 bits per heavy atom. The second-order valence-corrected chi connectivity index (χ2v) is 3.66. The van der Waals surface area contributed by atoms with Crippen molar-refractivity contribution in [2.75, 3.05) is 13.7 Å². The van der Waals surface area contributed by atoms with Gasteiger partial charge in [-0.3, -0.25) is 4.79 Å². The second-order valence-electron chi connectivity index (χ2n) is 3.66. The lowest BCUT2D eigenvalue weighted by atomic mass is 10.1. The molecule has 0 saturated carbocycles. The number of methoxy groups -OCH3 is 1. The summed E-state index contributed by atoms with van der Waals surface area (Å²) in [6.45, 7) is -0.0962. The number of hydrogen-bond donors (Lipinski definition) is 0. The van der Waals surface area contributed by atoms with Crippen LogP contribution in [0.25, 0.3) is 11.1 Å². The highest BCUT2D eigenvalue weighted by atomic mass is 16.5. The van der Waals surface area contributed by atoms with E-state index in [1.54, 1.807) is 19.5 Å². The fraction of sp³-hybridized carbons (Fsp3) is 0.133. The summed E-state index contributed by atoms with van der Waals surface area (Å²) in [5.41, 5.74) is 2.14. The van der Waals surface area contributed by atoms with E-state index in [0.717, 1.165) is 11.1 Å². The highest BCUT2D eigenvalue weighted by Crippen LogP contribution is 2.32. The quantitative estimate of drug-likeness (QED) is 0.807. The average molecular weight is 241 g/mol. The summed E-state index contributed by atoms with van der Waals surface area (Å²) >= 11 is 0. The molecule has 1 radical (unpaired) electrons. The molecule has 2 aromatic rings. The van der Waals surface area contributed by atoms with Crippen molar-refractivity contribution in [1.29, 1.82) is 0 Å². The van der Waals surface area contributed by atoms with Crippen LogP contribution in [0.4, 0.5) is 0 Å². The third kappa shape index (κ3) is 2.69. The standard InChI is InChI=1S/C15H13O3/c1-17-15-11-13(12-5-3-2-4-6-12)7-8-14(15)18-10-9-16/h2-8,11H,10H2,1H3. The Balaban J connectivity index is 2.32. The van der Waals surface area contributed by atoms with Crippen LogP contribution in [-0.4, -0.2) is 20.0 Å². The summed E-state index contributed by atoms with van der Waals surface area (Å²) in [5.74, 6) is 1.15. The van der Waals surface area contributed by atoms with Crippen molar-refractivity contribution >= 4 is 6.29 Å². The summed E-state index contributed by atoms with van der Waals surface area (Å²) in [5, 5.41) is 0. The molecule has 0 aromatic heterocycles. The van der Waals surface area contributed by atoms with Gasteiger partial charge in [0.25, 0.3) is 0 Å². The fourth-order valence-corrected chi connectivity index (χ4v) is 1.70.